The number of ether oxygens (including phenoxy) is 1. The molecule has 30 heavy (non-hydrogen) atoms. The summed E-state index contributed by atoms with van der Waals surface area (Å²) < 4.78 is 9.66. The van der Waals surface area contributed by atoms with Crippen LogP contribution in [0.25, 0.3) is 11.0 Å². The molecule has 1 unspecified atom stereocenters. The molecule has 2 heterocycles. The Bertz CT molecular complexity index is 1190. The van der Waals surface area contributed by atoms with E-state index in [1.807, 2.05) is 22.8 Å². The zero-order valence-corrected chi connectivity index (χ0v) is 17.9. The predicted octanol–water partition coefficient (Wildman–Crippen LogP) is 4.76. The van der Waals surface area contributed by atoms with Crippen molar-refractivity contribution in [3.63, 3.8) is 0 Å². The van der Waals surface area contributed by atoms with Gasteiger partial charge in [-0.2, -0.15) is 0 Å². The first-order chi connectivity index (χ1) is 14.6. The molecule has 1 atom stereocenters. The second kappa shape index (κ2) is 8.86. The Labute approximate surface area is 181 Å². The third kappa shape index (κ3) is 4.18. The van der Waals surface area contributed by atoms with E-state index in [4.69, 9.17) is 21.7 Å². The summed E-state index contributed by atoms with van der Waals surface area (Å²) >= 11 is 5.94. The lowest BCUT2D eigenvalue weighted by atomic mass is 10.0. The number of para-hydroxylation sites is 2. The van der Waals surface area contributed by atoms with Gasteiger partial charge in [0.1, 0.15) is 5.15 Å². The van der Waals surface area contributed by atoms with E-state index in [0.29, 0.717) is 23.9 Å². The number of methoxy groups -OCH3 is 1. The van der Waals surface area contributed by atoms with Gasteiger partial charge in [-0.25, -0.2) is 4.98 Å². The molecule has 6 heteroatoms. The molecule has 4 aromatic rings. The lowest BCUT2D eigenvalue weighted by molar-refractivity contribution is 0.154. The average Bonchev–Trinajstić information content (AvgIpc) is 3.02. The van der Waals surface area contributed by atoms with Gasteiger partial charge in [-0.3, -0.25) is 5.41 Å². The highest BCUT2D eigenvalue weighted by Gasteiger charge is 2.19. The predicted molar refractivity (Wildman–Crippen MR) is 120 cm³/mol. The molecule has 4 rings (SSSR count). The van der Waals surface area contributed by atoms with Gasteiger partial charge in [-0.1, -0.05) is 59.6 Å². The highest BCUT2D eigenvalue weighted by atomic mass is 35.5. The van der Waals surface area contributed by atoms with Crippen molar-refractivity contribution in [2.75, 3.05) is 13.7 Å². The van der Waals surface area contributed by atoms with E-state index in [-0.39, 0.29) is 6.04 Å². The van der Waals surface area contributed by atoms with Crippen molar-refractivity contribution in [3.8, 4) is 0 Å². The molecule has 0 spiro atoms. The molecule has 0 saturated carbocycles. The van der Waals surface area contributed by atoms with Gasteiger partial charge in [-0.15, -0.1) is 0 Å². The number of aromatic nitrogens is 3. The van der Waals surface area contributed by atoms with Crippen LogP contribution < -0.4 is 5.62 Å². The Morgan fingerprint density at radius 3 is 2.37 bits per heavy atom. The van der Waals surface area contributed by atoms with Crippen LogP contribution in [0.4, 0.5) is 0 Å². The standard InChI is InChI=1S/C24H25ClN4O/c1-17-7-9-18(10-8-17)13-20(16-30-2)29-22-6-4-3-5-21(22)28(24(29)26)15-19-11-12-23(25)27-14-19/h3-12,14,20,26H,13,15-16H2,1-2H3. The van der Waals surface area contributed by atoms with E-state index in [9.17, 15) is 0 Å². The lowest BCUT2D eigenvalue weighted by Crippen LogP contribution is -2.31. The SMILES string of the molecule is COCC(Cc1ccc(C)cc1)n1c(=N)n(Cc2ccc(Cl)nc2)c2ccccc21. The highest BCUT2D eigenvalue weighted by Crippen LogP contribution is 2.22. The van der Waals surface area contributed by atoms with Gasteiger partial charge in [0.2, 0.25) is 5.62 Å². The maximum atomic E-state index is 9.00. The van der Waals surface area contributed by atoms with E-state index in [2.05, 4.69) is 52.9 Å². The molecule has 0 aliphatic rings. The molecule has 0 saturated heterocycles. The minimum atomic E-state index is 0.0136. The van der Waals surface area contributed by atoms with Gasteiger partial charge in [0.05, 0.1) is 30.2 Å². The van der Waals surface area contributed by atoms with Crippen molar-refractivity contribution < 1.29 is 4.74 Å². The van der Waals surface area contributed by atoms with Gasteiger partial charge in [-0.05, 0) is 42.7 Å². The molecule has 5 nitrogen and oxygen atoms in total. The fourth-order valence-electron chi connectivity index (χ4n) is 3.88. The van der Waals surface area contributed by atoms with Crippen LogP contribution in [-0.2, 0) is 17.7 Å². The summed E-state index contributed by atoms with van der Waals surface area (Å²) in [5.74, 6) is 0. The number of pyridine rings is 1. The first-order valence-electron chi connectivity index (χ1n) is 9.96. The fraction of sp³-hybridized carbons (Fsp3) is 0.250. The molecule has 0 amide bonds. The number of halogens is 1. The van der Waals surface area contributed by atoms with E-state index in [0.717, 1.165) is 23.0 Å². The van der Waals surface area contributed by atoms with E-state index in [1.54, 1.807) is 19.4 Å². The molecule has 1 N–H and O–H groups in total. The normalized spacial score (nSPS) is 12.4. The summed E-state index contributed by atoms with van der Waals surface area (Å²) in [5, 5.41) is 9.47. The van der Waals surface area contributed by atoms with Crippen LogP contribution in [0.1, 0.15) is 22.7 Å². The zero-order chi connectivity index (χ0) is 21.1. The Morgan fingerprint density at radius 1 is 1.00 bits per heavy atom. The van der Waals surface area contributed by atoms with Crippen LogP contribution in [0, 0.1) is 12.3 Å². The Morgan fingerprint density at radius 2 is 1.70 bits per heavy atom. The number of imidazole rings is 1. The van der Waals surface area contributed by atoms with Gasteiger partial charge < -0.3 is 13.9 Å². The molecule has 2 aromatic heterocycles. The van der Waals surface area contributed by atoms with Crippen LogP contribution in [0.15, 0.2) is 66.9 Å². The van der Waals surface area contributed by atoms with Crippen molar-refractivity contribution in [3.05, 3.63) is 94.3 Å². The van der Waals surface area contributed by atoms with Crippen LogP contribution >= 0.6 is 11.6 Å². The second-order valence-corrected chi connectivity index (χ2v) is 7.94. The lowest BCUT2D eigenvalue weighted by Gasteiger charge is -2.19. The quantitative estimate of drug-likeness (QED) is 0.438. The van der Waals surface area contributed by atoms with Crippen molar-refractivity contribution in [2.24, 2.45) is 0 Å². The van der Waals surface area contributed by atoms with E-state index in [1.165, 1.54) is 11.1 Å². The van der Waals surface area contributed by atoms with Crippen LogP contribution in [0.2, 0.25) is 5.15 Å². The van der Waals surface area contributed by atoms with Crippen molar-refractivity contribution in [2.45, 2.75) is 25.9 Å². The van der Waals surface area contributed by atoms with Crippen molar-refractivity contribution >= 4 is 22.6 Å². The molecular formula is C24H25ClN4O. The maximum Gasteiger partial charge on any atom is 0.203 e. The Kier molecular flexibility index (Phi) is 6.02. The minimum absolute atomic E-state index is 0.0136. The van der Waals surface area contributed by atoms with Gasteiger partial charge in [0.15, 0.2) is 0 Å². The van der Waals surface area contributed by atoms with Crippen molar-refractivity contribution in [1.29, 1.82) is 5.41 Å². The number of hydrogen-bond acceptors (Lipinski definition) is 3. The number of benzene rings is 2. The molecule has 2 aromatic carbocycles. The number of rotatable bonds is 7. The first-order valence-corrected chi connectivity index (χ1v) is 10.3. The molecule has 0 aliphatic carbocycles. The third-order valence-electron chi connectivity index (χ3n) is 5.36. The molecular weight excluding hydrogens is 396 g/mol. The molecule has 0 aliphatic heterocycles. The monoisotopic (exact) mass is 420 g/mol. The fourth-order valence-corrected chi connectivity index (χ4v) is 3.99. The summed E-state index contributed by atoms with van der Waals surface area (Å²) in [6.45, 7) is 3.17. The average molecular weight is 421 g/mol. The largest absolute Gasteiger partial charge is 0.383 e. The van der Waals surface area contributed by atoms with Gasteiger partial charge >= 0.3 is 0 Å². The summed E-state index contributed by atoms with van der Waals surface area (Å²) in [4.78, 5) is 4.18. The topological polar surface area (TPSA) is 55.8 Å². The van der Waals surface area contributed by atoms with Crippen LogP contribution in [0.5, 0.6) is 0 Å². The minimum Gasteiger partial charge on any atom is -0.383 e. The number of nitrogens with one attached hydrogen (secondary N) is 1. The third-order valence-corrected chi connectivity index (χ3v) is 5.58. The summed E-state index contributed by atoms with van der Waals surface area (Å²) in [6, 6.07) is 20.5. The van der Waals surface area contributed by atoms with Crippen LogP contribution in [0.3, 0.4) is 0 Å². The summed E-state index contributed by atoms with van der Waals surface area (Å²) in [7, 11) is 1.71. The number of aryl methyl sites for hydroxylation is 1. The zero-order valence-electron chi connectivity index (χ0n) is 17.2. The summed E-state index contributed by atoms with van der Waals surface area (Å²) in [6.07, 6.45) is 2.56. The van der Waals surface area contributed by atoms with Crippen molar-refractivity contribution in [1.82, 2.24) is 14.1 Å². The van der Waals surface area contributed by atoms with E-state index < -0.39 is 0 Å². The smallest absolute Gasteiger partial charge is 0.203 e. The van der Waals surface area contributed by atoms with Gasteiger partial charge in [0.25, 0.3) is 0 Å². The second-order valence-electron chi connectivity index (χ2n) is 7.56. The number of hydrogen-bond donors (Lipinski definition) is 1. The molecule has 0 fully saturated rings. The molecule has 154 valence electrons. The molecule has 0 radical (unpaired) electrons. The Hall–Kier alpha value is -2.89. The number of fused-ring (bicyclic) bond motifs is 1. The first kappa shape index (κ1) is 20.4. The highest BCUT2D eigenvalue weighted by molar-refractivity contribution is 6.29. The molecule has 0 bridgehead atoms. The van der Waals surface area contributed by atoms with Gasteiger partial charge in [0, 0.05) is 13.3 Å². The van der Waals surface area contributed by atoms with E-state index >= 15 is 0 Å². The maximum absolute atomic E-state index is 9.00. The van der Waals surface area contributed by atoms with Crippen LogP contribution in [-0.4, -0.2) is 27.8 Å². The Balaban J connectivity index is 1.78. The number of nitrogens with zero attached hydrogens (tertiary/aromatic N) is 3. The summed E-state index contributed by atoms with van der Waals surface area (Å²) in [5.41, 5.74) is 5.96.